The Hall–Kier alpha value is -0.570. The summed E-state index contributed by atoms with van der Waals surface area (Å²) < 4.78 is 0. The predicted octanol–water partition coefficient (Wildman–Crippen LogP) is 0.640. The van der Waals surface area contributed by atoms with E-state index in [2.05, 4.69) is 5.32 Å². The standard InChI is InChI=1S/C9H18N2O/c1-7(9(10)12)6-11-8-4-2-3-5-8/h7-8,11H,2-6H2,1H3,(H2,10,12). The highest BCUT2D eigenvalue weighted by atomic mass is 16.1. The summed E-state index contributed by atoms with van der Waals surface area (Å²) in [5.74, 6) is -0.244. The molecule has 3 N–H and O–H groups in total. The van der Waals surface area contributed by atoms with Crippen LogP contribution in [0.25, 0.3) is 0 Å². The lowest BCUT2D eigenvalue weighted by Gasteiger charge is -2.14. The summed E-state index contributed by atoms with van der Waals surface area (Å²) >= 11 is 0. The van der Waals surface area contributed by atoms with Gasteiger partial charge in [-0.1, -0.05) is 19.8 Å². The number of carbonyl (C=O) groups is 1. The van der Waals surface area contributed by atoms with Crippen molar-refractivity contribution < 1.29 is 4.79 Å². The minimum absolute atomic E-state index is 0.0365. The summed E-state index contributed by atoms with van der Waals surface area (Å²) in [6.45, 7) is 2.60. The van der Waals surface area contributed by atoms with E-state index in [1.165, 1.54) is 25.7 Å². The van der Waals surface area contributed by atoms with Crippen molar-refractivity contribution in [1.29, 1.82) is 0 Å². The Bertz CT molecular complexity index is 153. The summed E-state index contributed by atoms with van der Waals surface area (Å²) in [5, 5.41) is 3.36. The summed E-state index contributed by atoms with van der Waals surface area (Å²) in [5.41, 5.74) is 5.14. The number of carbonyl (C=O) groups excluding carboxylic acids is 1. The zero-order chi connectivity index (χ0) is 8.97. The molecule has 70 valence electrons. The Morgan fingerprint density at radius 3 is 2.67 bits per heavy atom. The normalized spacial score (nSPS) is 21.1. The van der Waals surface area contributed by atoms with E-state index in [0.29, 0.717) is 6.04 Å². The summed E-state index contributed by atoms with van der Waals surface area (Å²) in [7, 11) is 0. The van der Waals surface area contributed by atoms with Crippen molar-refractivity contribution in [1.82, 2.24) is 5.32 Å². The van der Waals surface area contributed by atoms with Gasteiger partial charge in [-0.15, -0.1) is 0 Å². The number of hydrogen-bond donors (Lipinski definition) is 2. The number of primary amides is 1. The van der Waals surface area contributed by atoms with Gasteiger partial charge < -0.3 is 11.1 Å². The Morgan fingerprint density at radius 2 is 2.17 bits per heavy atom. The molecule has 3 heteroatoms. The van der Waals surface area contributed by atoms with E-state index in [1.54, 1.807) is 0 Å². The molecule has 3 nitrogen and oxygen atoms in total. The van der Waals surface area contributed by atoms with E-state index in [9.17, 15) is 4.79 Å². The Labute approximate surface area is 73.7 Å². The molecule has 0 aromatic rings. The van der Waals surface area contributed by atoms with Crippen LogP contribution < -0.4 is 11.1 Å². The SMILES string of the molecule is CC(CNC1CCCC1)C(N)=O. The molecular weight excluding hydrogens is 152 g/mol. The van der Waals surface area contributed by atoms with Gasteiger partial charge in [0.2, 0.25) is 5.91 Å². The first-order chi connectivity index (χ1) is 5.70. The first kappa shape index (κ1) is 9.52. The largest absolute Gasteiger partial charge is 0.369 e. The fourth-order valence-corrected chi connectivity index (χ4v) is 1.57. The van der Waals surface area contributed by atoms with E-state index >= 15 is 0 Å². The van der Waals surface area contributed by atoms with Crippen molar-refractivity contribution >= 4 is 5.91 Å². The van der Waals surface area contributed by atoms with Crippen LogP contribution in [-0.2, 0) is 4.79 Å². The van der Waals surface area contributed by atoms with E-state index in [0.717, 1.165) is 6.54 Å². The van der Waals surface area contributed by atoms with Crippen LogP contribution in [0.5, 0.6) is 0 Å². The minimum Gasteiger partial charge on any atom is -0.369 e. The van der Waals surface area contributed by atoms with Crippen LogP contribution in [0.3, 0.4) is 0 Å². The second-order valence-electron chi connectivity index (χ2n) is 3.69. The number of nitrogens with one attached hydrogen (secondary N) is 1. The van der Waals surface area contributed by atoms with Crippen LogP contribution in [0, 0.1) is 5.92 Å². The highest BCUT2D eigenvalue weighted by Crippen LogP contribution is 2.17. The second kappa shape index (κ2) is 4.45. The maximum atomic E-state index is 10.7. The first-order valence-electron chi connectivity index (χ1n) is 4.73. The smallest absolute Gasteiger partial charge is 0.221 e. The molecule has 0 aromatic heterocycles. The molecule has 0 radical (unpaired) electrons. The molecule has 1 saturated carbocycles. The molecule has 12 heavy (non-hydrogen) atoms. The number of rotatable bonds is 4. The zero-order valence-electron chi connectivity index (χ0n) is 7.68. The predicted molar refractivity (Wildman–Crippen MR) is 48.6 cm³/mol. The van der Waals surface area contributed by atoms with E-state index in [1.807, 2.05) is 6.92 Å². The average Bonchev–Trinajstić information content (AvgIpc) is 2.51. The van der Waals surface area contributed by atoms with Crippen molar-refractivity contribution in [2.45, 2.75) is 38.6 Å². The van der Waals surface area contributed by atoms with Crippen molar-refractivity contribution in [2.24, 2.45) is 11.7 Å². The molecule has 0 aromatic carbocycles. The Kier molecular flexibility index (Phi) is 3.53. The van der Waals surface area contributed by atoms with Gasteiger partial charge in [0, 0.05) is 18.5 Å². The molecule has 1 unspecified atom stereocenters. The fraction of sp³-hybridized carbons (Fsp3) is 0.889. The van der Waals surface area contributed by atoms with Crippen LogP contribution >= 0.6 is 0 Å². The van der Waals surface area contributed by atoms with Crippen LogP contribution in [-0.4, -0.2) is 18.5 Å². The molecule has 0 spiro atoms. The molecule has 0 bridgehead atoms. The molecule has 1 aliphatic rings. The van der Waals surface area contributed by atoms with Crippen LogP contribution in [0.4, 0.5) is 0 Å². The Morgan fingerprint density at radius 1 is 1.58 bits per heavy atom. The summed E-state index contributed by atoms with van der Waals surface area (Å²) in [6, 6.07) is 0.631. The lowest BCUT2D eigenvalue weighted by Crippen LogP contribution is -2.35. The molecule has 1 rings (SSSR count). The van der Waals surface area contributed by atoms with Gasteiger partial charge in [-0.05, 0) is 12.8 Å². The first-order valence-corrected chi connectivity index (χ1v) is 4.73. The average molecular weight is 170 g/mol. The van der Waals surface area contributed by atoms with Crippen LogP contribution in [0.15, 0.2) is 0 Å². The van der Waals surface area contributed by atoms with Crippen molar-refractivity contribution in [3.8, 4) is 0 Å². The van der Waals surface area contributed by atoms with Gasteiger partial charge in [-0.2, -0.15) is 0 Å². The lowest BCUT2D eigenvalue weighted by atomic mass is 10.1. The topological polar surface area (TPSA) is 55.1 Å². The Balaban J connectivity index is 2.11. The minimum atomic E-state index is -0.208. The number of hydrogen-bond acceptors (Lipinski definition) is 2. The van der Waals surface area contributed by atoms with Gasteiger partial charge in [0.05, 0.1) is 0 Å². The quantitative estimate of drug-likeness (QED) is 0.650. The van der Waals surface area contributed by atoms with Crippen molar-refractivity contribution in [2.75, 3.05) is 6.54 Å². The maximum absolute atomic E-state index is 10.7. The van der Waals surface area contributed by atoms with Gasteiger partial charge in [-0.25, -0.2) is 0 Å². The summed E-state index contributed by atoms with van der Waals surface area (Å²) in [4.78, 5) is 10.7. The number of amides is 1. The van der Waals surface area contributed by atoms with E-state index in [-0.39, 0.29) is 11.8 Å². The molecule has 1 amide bonds. The molecule has 1 aliphatic carbocycles. The molecule has 0 saturated heterocycles. The van der Waals surface area contributed by atoms with E-state index < -0.39 is 0 Å². The van der Waals surface area contributed by atoms with Gasteiger partial charge >= 0.3 is 0 Å². The molecule has 0 heterocycles. The third-order valence-electron chi connectivity index (χ3n) is 2.55. The highest BCUT2D eigenvalue weighted by Gasteiger charge is 2.16. The lowest BCUT2D eigenvalue weighted by molar-refractivity contribution is -0.121. The third kappa shape index (κ3) is 2.81. The highest BCUT2D eigenvalue weighted by molar-refractivity contribution is 5.76. The molecule has 1 atom stereocenters. The van der Waals surface area contributed by atoms with Gasteiger partial charge in [0.15, 0.2) is 0 Å². The van der Waals surface area contributed by atoms with Crippen molar-refractivity contribution in [3.05, 3.63) is 0 Å². The van der Waals surface area contributed by atoms with Gasteiger partial charge in [0.1, 0.15) is 0 Å². The fourth-order valence-electron chi connectivity index (χ4n) is 1.57. The van der Waals surface area contributed by atoms with Crippen LogP contribution in [0.1, 0.15) is 32.6 Å². The van der Waals surface area contributed by atoms with E-state index in [4.69, 9.17) is 5.73 Å². The monoisotopic (exact) mass is 170 g/mol. The molecule has 0 aliphatic heterocycles. The summed E-state index contributed by atoms with van der Waals surface area (Å²) in [6.07, 6.45) is 5.15. The second-order valence-corrected chi connectivity index (χ2v) is 3.69. The molecule has 1 fully saturated rings. The third-order valence-corrected chi connectivity index (χ3v) is 2.55. The van der Waals surface area contributed by atoms with Gasteiger partial charge in [-0.3, -0.25) is 4.79 Å². The number of nitrogens with two attached hydrogens (primary N) is 1. The maximum Gasteiger partial charge on any atom is 0.221 e. The van der Waals surface area contributed by atoms with Crippen LogP contribution in [0.2, 0.25) is 0 Å². The van der Waals surface area contributed by atoms with Crippen molar-refractivity contribution in [3.63, 3.8) is 0 Å². The van der Waals surface area contributed by atoms with Gasteiger partial charge in [0.25, 0.3) is 0 Å². The molecular formula is C9H18N2O. The zero-order valence-corrected chi connectivity index (χ0v) is 7.68.